The minimum atomic E-state index is -0.676. The van der Waals surface area contributed by atoms with Crippen LogP contribution in [-0.2, 0) is 4.79 Å². The molecule has 0 aliphatic rings. The molecule has 0 saturated heterocycles. The average molecular weight is 340 g/mol. The summed E-state index contributed by atoms with van der Waals surface area (Å²) in [5, 5.41) is 30.8. The molecule has 8 nitrogen and oxygen atoms in total. The monoisotopic (exact) mass is 340 g/mol. The summed E-state index contributed by atoms with van der Waals surface area (Å²) >= 11 is 0. The zero-order chi connectivity index (χ0) is 18.4. The Balaban J connectivity index is 2.29. The average Bonchev–Trinajstić information content (AvgIpc) is 2.56. The largest absolute Gasteiger partial charge is 0.510 e. The van der Waals surface area contributed by atoms with Gasteiger partial charge in [0, 0.05) is 11.8 Å². The van der Waals surface area contributed by atoms with E-state index < -0.39 is 10.8 Å². The minimum Gasteiger partial charge on any atom is -0.510 e. The van der Waals surface area contributed by atoms with Gasteiger partial charge in [-0.3, -0.25) is 14.9 Å². The first-order valence-corrected chi connectivity index (χ1v) is 7.31. The third-order valence-corrected chi connectivity index (χ3v) is 3.17. The normalized spacial score (nSPS) is 11.9. The zero-order valence-corrected chi connectivity index (χ0v) is 13.6. The molecule has 0 bridgehead atoms. The summed E-state index contributed by atoms with van der Waals surface area (Å²) < 4.78 is 0. The Labute approximate surface area is 143 Å². The number of nitrogens with zero attached hydrogens (tertiary/aromatic N) is 3. The number of nitrogens with one attached hydrogen (secondary N) is 1. The highest BCUT2D eigenvalue weighted by atomic mass is 16.6. The fourth-order valence-corrected chi connectivity index (χ4v) is 1.96. The van der Waals surface area contributed by atoms with Gasteiger partial charge in [-0.15, -0.1) is 10.2 Å². The minimum absolute atomic E-state index is 0.0122. The molecule has 2 aromatic carbocycles. The summed E-state index contributed by atoms with van der Waals surface area (Å²) in [5.41, 5.74) is 0.632. The SMILES string of the molecule is CC(O)=C(N=Nc1ccc(C)cc1[N+](=O)[O-])C(=O)Nc1ccccc1. The third kappa shape index (κ3) is 4.71. The topological polar surface area (TPSA) is 117 Å². The molecular weight excluding hydrogens is 324 g/mol. The second kappa shape index (κ2) is 7.82. The standard InChI is InChI=1S/C17H16N4O4/c1-11-8-9-14(15(10-11)21(24)25)19-20-16(12(2)22)17(23)18-13-6-4-3-5-7-13/h3-10,22H,1-2H3,(H,18,23). The molecule has 0 unspecified atom stereocenters. The Kier molecular flexibility index (Phi) is 5.57. The molecule has 2 rings (SSSR count). The Bertz CT molecular complexity index is 856. The van der Waals surface area contributed by atoms with Crippen molar-refractivity contribution in [2.24, 2.45) is 10.2 Å². The van der Waals surface area contributed by atoms with E-state index in [9.17, 15) is 20.0 Å². The second-order valence-electron chi connectivity index (χ2n) is 5.20. The van der Waals surface area contributed by atoms with Crippen LogP contribution in [0.3, 0.4) is 0 Å². The van der Waals surface area contributed by atoms with Crippen molar-refractivity contribution in [2.75, 3.05) is 5.32 Å². The maximum Gasteiger partial charge on any atom is 0.296 e. The van der Waals surface area contributed by atoms with Crippen molar-refractivity contribution in [3.63, 3.8) is 0 Å². The molecule has 25 heavy (non-hydrogen) atoms. The van der Waals surface area contributed by atoms with E-state index in [1.54, 1.807) is 43.3 Å². The number of rotatable bonds is 5. The predicted octanol–water partition coefficient (Wildman–Crippen LogP) is 4.42. The molecule has 0 aromatic heterocycles. The lowest BCUT2D eigenvalue weighted by atomic mass is 10.2. The summed E-state index contributed by atoms with van der Waals surface area (Å²) in [7, 11) is 0. The number of hydrogen-bond donors (Lipinski definition) is 2. The number of nitro groups is 1. The van der Waals surface area contributed by atoms with Gasteiger partial charge in [0.1, 0.15) is 5.76 Å². The fourth-order valence-electron chi connectivity index (χ4n) is 1.96. The number of aryl methyl sites for hydroxylation is 1. The summed E-state index contributed by atoms with van der Waals surface area (Å²) in [6.07, 6.45) is 0. The van der Waals surface area contributed by atoms with Crippen LogP contribution in [0, 0.1) is 17.0 Å². The summed E-state index contributed by atoms with van der Waals surface area (Å²) in [6.45, 7) is 2.99. The van der Waals surface area contributed by atoms with Crippen molar-refractivity contribution in [3.8, 4) is 0 Å². The number of anilines is 1. The van der Waals surface area contributed by atoms with Gasteiger partial charge in [0.25, 0.3) is 11.6 Å². The Morgan fingerprint density at radius 2 is 1.88 bits per heavy atom. The maximum absolute atomic E-state index is 12.2. The van der Waals surface area contributed by atoms with Crippen molar-refractivity contribution in [2.45, 2.75) is 13.8 Å². The fraction of sp³-hybridized carbons (Fsp3) is 0.118. The number of azo groups is 1. The predicted molar refractivity (Wildman–Crippen MR) is 92.7 cm³/mol. The van der Waals surface area contributed by atoms with Gasteiger partial charge >= 0.3 is 0 Å². The van der Waals surface area contributed by atoms with Crippen LogP contribution in [0.4, 0.5) is 17.1 Å². The Morgan fingerprint density at radius 3 is 2.48 bits per heavy atom. The van der Waals surface area contributed by atoms with Gasteiger partial charge in [0.2, 0.25) is 0 Å². The number of nitro benzene ring substituents is 1. The number of benzene rings is 2. The molecule has 2 aromatic rings. The van der Waals surface area contributed by atoms with E-state index in [1.165, 1.54) is 19.1 Å². The van der Waals surface area contributed by atoms with Gasteiger partial charge < -0.3 is 10.4 Å². The van der Waals surface area contributed by atoms with E-state index in [0.29, 0.717) is 11.3 Å². The van der Waals surface area contributed by atoms with Crippen LogP contribution in [0.5, 0.6) is 0 Å². The van der Waals surface area contributed by atoms with Crippen molar-refractivity contribution in [1.29, 1.82) is 0 Å². The van der Waals surface area contributed by atoms with Crippen molar-refractivity contribution >= 4 is 23.0 Å². The molecule has 0 saturated carbocycles. The molecule has 0 fully saturated rings. The molecule has 0 atom stereocenters. The van der Waals surface area contributed by atoms with E-state index in [1.807, 2.05) is 0 Å². The number of aliphatic hydroxyl groups excluding tert-OH is 1. The van der Waals surface area contributed by atoms with Crippen LogP contribution in [-0.4, -0.2) is 15.9 Å². The van der Waals surface area contributed by atoms with Crippen LogP contribution in [0.2, 0.25) is 0 Å². The highest BCUT2D eigenvalue weighted by molar-refractivity contribution is 6.03. The molecular formula is C17H16N4O4. The first-order valence-electron chi connectivity index (χ1n) is 7.31. The smallest absolute Gasteiger partial charge is 0.296 e. The molecule has 0 aliphatic heterocycles. The number of aliphatic hydroxyl groups is 1. The summed E-state index contributed by atoms with van der Waals surface area (Å²) in [4.78, 5) is 22.7. The molecule has 0 heterocycles. The van der Waals surface area contributed by atoms with E-state index in [-0.39, 0.29) is 22.8 Å². The summed E-state index contributed by atoms with van der Waals surface area (Å²) in [5.74, 6) is -1.03. The Morgan fingerprint density at radius 1 is 1.20 bits per heavy atom. The number of hydrogen-bond acceptors (Lipinski definition) is 6. The molecule has 8 heteroatoms. The second-order valence-corrected chi connectivity index (χ2v) is 5.20. The number of allylic oxidation sites excluding steroid dienone is 1. The molecule has 1 amide bonds. The van der Waals surface area contributed by atoms with E-state index in [2.05, 4.69) is 15.5 Å². The molecule has 0 aliphatic carbocycles. The van der Waals surface area contributed by atoms with Gasteiger partial charge in [0.05, 0.1) is 4.92 Å². The zero-order valence-electron chi connectivity index (χ0n) is 13.6. The highest BCUT2D eigenvalue weighted by Gasteiger charge is 2.16. The van der Waals surface area contributed by atoms with E-state index in [0.717, 1.165) is 0 Å². The van der Waals surface area contributed by atoms with Crippen LogP contribution < -0.4 is 5.32 Å². The number of para-hydroxylation sites is 1. The molecule has 0 spiro atoms. The quantitative estimate of drug-likeness (QED) is 0.275. The van der Waals surface area contributed by atoms with Gasteiger partial charge in [-0.2, -0.15) is 0 Å². The van der Waals surface area contributed by atoms with Gasteiger partial charge in [0.15, 0.2) is 11.4 Å². The number of amides is 1. The van der Waals surface area contributed by atoms with Crippen LogP contribution in [0.25, 0.3) is 0 Å². The Hall–Kier alpha value is -3.55. The van der Waals surface area contributed by atoms with E-state index in [4.69, 9.17) is 0 Å². The molecule has 0 radical (unpaired) electrons. The maximum atomic E-state index is 12.2. The number of carbonyl (C=O) groups excluding carboxylic acids is 1. The van der Waals surface area contributed by atoms with Crippen molar-refractivity contribution < 1.29 is 14.8 Å². The molecule has 2 N–H and O–H groups in total. The van der Waals surface area contributed by atoms with Gasteiger partial charge in [-0.25, -0.2) is 0 Å². The van der Waals surface area contributed by atoms with E-state index >= 15 is 0 Å². The van der Waals surface area contributed by atoms with Crippen LogP contribution in [0.1, 0.15) is 12.5 Å². The van der Waals surface area contributed by atoms with Crippen molar-refractivity contribution in [3.05, 3.63) is 75.7 Å². The summed E-state index contributed by atoms with van der Waals surface area (Å²) in [6, 6.07) is 13.0. The van der Waals surface area contributed by atoms with Crippen LogP contribution in [0.15, 0.2) is 70.2 Å². The van der Waals surface area contributed by atoms with Crippen molar-refractivity contribution in [1.82, 2.24) is 0 Å². The highest BCUT2D eigenvalue weighted by Crippen LogP contribution is 2.29. The van der Waals surface area contributed by atoms with Gasteiger partial charge in [-0.1, -0.05) is 24.3 Å². The molecule has 128 valence electrons. The third-order valence-electron chi connectivity index (χ3n) is 3.17. The van der Waals surface area contributed by atoms with Crippen LogP contribution >= 0.6 is 0 Å². The lowest BCUT2D eigenvalue weighted by Crippen LogP contribution is -2.14. The number of carbonyl (C=O) groups is 1. The lowest BCUT2D eigenvalue weighted by Gasteiger charge is -2.05. The lowest BCUT2D eigenvalue weighted by molar-refractivity contribution is -0.384. The van der Waals surface area contributed by atoms with Gasteiger partial charge in [-0.05, 0) is 37.6 Å². The first-order chi connectivity index (χ1) is 11.9. The first kappa shape index (κ1) is 17.8.